The molecule has 1 aliphatic rings. The summed E-state index contributed by atoms with van der Waals surface area (Å²) in [7, 11) is 1.88. The third kappa shape index (κ3) is 3.84. The molecule has 0 aliphatic carbocycles. The van der Waals surface area contributed by atoms with E-state index in [1.54, 1.807) is 23.0 Å². The first-order valence-electron chi connectivity index (χ1n) is 9.93. The summed E-state index contributed by atoms with van der Waals surface area (Å²) in [6.07, 6.45) is 5.30. The van der Waals surface area contributed by atoms with Crippen molar-refractivity contribution in [2.24, 2.45) is 7.05 Å². The predicted octanol–water partition coefficient (Wildman–Crippen LogP) is 4.10. The van der Waals surface area contributed by atoms with Crippen LogP contribution in [-0.2, 0) is 11.8 Å². The molecule has 1 aromatic carbocycles. The molecule has 0 saturated carbocycles. The molecule has 1 fully saturated rings. The molecule has 5 rings (SSSR count). The minimum absolute atomic E-state index is 0.126. The minimum Gasteiger partial charge on any atom is -0.370 e. The standard InChI is InChI=1S/C22H20ClFN6O/c1-13-9-25-21-17(16-4-3-15(23)7-18(16)24)8-20(28-22(21)27-13)30-5-6-31-19(12-30)14-10-26-29(2)11-14/h3-4,7-11,19H,5-6,12H2,1-2H3/t19-/m0/s1. The van der Waals surface area contributed by atoms with Crippen molar-refractivity contribution in [1.29, 1.82) is 0 Å². The first-order chi connectivity index (χ1) is 15.0. The Balaban J connectivity index is 1.60. The molecule has 31 heavy (non-hydrogen) atoms. The Bertz CT molecular complexity index is 1280. The van der Waals surface area contributed by atoms with E-state index in [2.05, 4.69) is 20.0 Å². The van der Waals surface area contributed by atoms with Crippen LogP contribution in [0.25, 0.3) is 22.3 Å². The first-order valence-corrected chi connectivity index (χ1v) is 10.3. The molecule has 0 N–H and O–H groups in total. The molecule has 7 nitrogen and oxygen atoms in total. The summed E-state index contributed by atoms with van der Waals surface area (Å²) >= 11 is 5.96. The molecule has 4 heterocycles. The van der Waals surface area contributed by atoms with Crippen molar-refractivity contribution in [2.45, 2.75) is 13.0 Å². The molecule has 158 valence electrons. The van der Waals surface area contributed by atoms with Crippen LogP contribution in [0, 0.1) is 12.7 Å². The first kappa shape index (κ1) is 19.8. The second-order valence-electron chi connectivity index (χ2n) is 7.59. The number of benzene rings is 1. The van der Waals surface area contributed by atoms with Gasteiger partial charge in [-0.3, -0.25) is 9.67 Å². The van der Waals surface area contributed by atoms with Crippen LogP contribution in [0.1, 0.15) is 17.4 Å². The normalized spacial score (nSPS) is 16.8. The number of ether oxygens (including phenoxy) is 1. The molecule has 1 aliphatic heterocycles. The summed E-state index contributed by atoms with van der Waals surface area (Å²) in [5.41, 5.74) is 3.82. The lowest BCUT2D eigenvalue weighted by atomic mass is 10.0. The number of nitrogens with zero attached hydrogens (tertiary/aromatic N) is 6. The van der Waals surface area contributed by atoms with Crippen molar-refractivity contribution in [3.05, 3.63) is 65.0 Å². The minimum atomic E-state index is -0.413. The highest BCUT2D eigenvalue weighted by atomic mass is 35.5. The van der Waals surface area contributed by atoms with Crippen molar-refractivity contribution in [3.63, 3.8) is 0 Å². The van der Waals surface area contributed by atoms with Crippen molar-refractivity contribution in [1.82, 2.24) is 24.7 Å². The number of fused-ring (bicyclic) bond motifs is 1. The average molecular weight is 439 g/mol. The van der Waals surface area contributed by atoms with E-state index in [4.69, 9.17) is 21.3 Å². The monoisotopic (exact) mass is 438 g/mol. The lowest BCUT2D eigenvalue weighted by Gasteiger charge is -2.33. The van der Waals surface area contributed by atoms with Gasteiger partial charge < -0.3 is 9.64 Å². The highest BCUT2D eigenvalue weighted by Crippen LogP contribution is 2.34. The fraction of sp³-hybridized carbons (Fsp3) is 0.273. The Kier molecular flexibility index (Phi) is 5.03. The second-order valence-corrected chi connectivity index (χ2v) is 8.03. The van der Waals surface area contributed by atoms with Crippen LogP contribution in [0.5, 0.6) is 0 Å². The molecule has 9 heteroatoms. The predicted molar refractivity (Wildman–Crippen MR) is 117 cm³/mol. The quantitative estimate of drug-likeness (QED) is 0.479. The SMILES string of the molecule is Cc1cnc2c(-c3ccc(Cl)cc3F)cc(N3CCO[C@H](c4cnn(C)c4)C3)nc2n1. The van der Waals surface area contributed by atoms with Crippen LogP contribution < -0.4 is 4.90 Å². The highest BCUT2D eigenvalue weighted by Gasteiger charge is 2.25. The van der Waals surface area contributed by atoms with Gasteiger partial charge in [-0.15, -0.1) is 0 Å². The third-order valence-electron chi connectivity index (χ3n) is 5.33. The second kappa shape index (κ2) is 7.86. The van der Waals surface area contributed by atoms with Gasteiger partial charge in [-0.25, -0.2) is 14.4 Å². The number of halogens is 2. The fourth-order valence-electron chi connectivity index (χ4n) is 3.81. The zero-order valence-corrected chi connectivity index (χ0v) is 17.8. The third-order valence-corrected chi connectivity index (χ3v) is 5.57. The van der Waals surface area contributed by atoms with E-state index in [1.165, 1.54) is 6.07 Å². The van der Waals surface area contributed by atoms with Crippen LogP contribution in [0.2, 0.25) is 5.02 Å². The number of morpholine rings is 1. The largest absolute Gasteiger partial charge is 0.370 e. The maximum absolute atomic E-state index is 14.8. The number of anilines is 1. The van der Waals surface area contributed by atoms with Crippen molar-refractivity contribution in [3.8, 4) is 11.1 Å². The van der Waals surface area contributed by atoms with Gasteiger partial charge in [-0.2, -0.15) is 5.10 Å². The maximum atomic E-state index is 14.8. The van der Waals surface area contributed by atoms with E-state index in [1.807, 2.05) is 32.4 Å². The number of hydrogen-bond donors (Lipinski definition) is 0. The zero-order chi connectivity index (χ0) is 21.5. The molecule has 0 spiro atoms. The van der Waals surface area contributed by atoms with E-state index < -0.39 is 5.82 Å². The molecule has 3 aromatic heterocycles. The number of rotatable bonds is 3. The molecular formula is C22H20ClFN6O. The van der Waals surface area contributed by atoms with Crippen molar-refractivity contribution >= 4 is 28.6 Å². The van der Waals surface area contributed by atoms with E-state index in [0.29, 0.717) is 52.8 Å². The summed E-state index contributed by atoms with van der Waals surface area (Å²) in [6.45, 7) is 3.67. The van der Waals surface area contributed by atoms with Gasteiger partial charge in [0.05, 0.1) is 18.5 Å². The van der Waals surface area contributed by atoms with E-state index in [9.17, 15) is 4.39 Å². The molecule has 4 aromatic rings. The fourth-order valence-corrected chi connectivity index (χ4v) is 3.97. The van der Waals surface area contributed by atoms with Crippen LogP contribution >= 0.6 is 11.6 Å². The van der Waals surface area contributed by atoms with Gasteiger partial charge in [0.1, 0.15) is 23.3 Å². The van der Waals surface area contributed by atoms with E-state index >= 15 is 0 Å². The Hall–Kier alpha value is -3.10. The summed E-state index contributed by atoms with van der Waals surface area (Å²) in [5, 5.41) is 4.58. The Morgan fingerprint density at radius 3 is 2.81 bits per heavy atom. The number of pyridine rings is 1. The number of aryl methyl sites for hydroxylation is 2. The topological polar surface area (TPSA) is 69.0 Å². The Labute approximate surface area is 183 Å². The van der Waals surface area contributed by atoms with Crippen molar-refractivity contribution < 1.29 is 9.13 Å². The van der Waals surface area contributed by atoms with Crippen LogP contribution in [0.4, 0.5) is 10.2 Å². The van der Waals surface area contributed by atoms with Gasteiger partial charge >= 0.3 is 0 Å². The number of aromatic nitrogens is 5. The summed E-state index contributed by atoms with van der Waals surface area (Å²) < 4.78 is 22.5. The van der Waals surface area contributed by atoms with E-state index in [-0.39, 0.29) is 6.10 Å². The van der Waals surface area contributed by atoms with E-state index in [0.717, 1.165) is 11.3 Å². The number of hydrogen-bond acceptors (Lipinski definition) is 6. The molecule has 0 radical (unpaired) electrons. The van der Waals surface area contributed by atoms with Crippen LogP contribution in [-0.4, -0.2) is 44.4 Å². The van der Waals surface area contributed by atoms with Gasteiger partial charge in [0, 0.05) is 54.2 Å². The molecule has 0 unspecified atom stereocenters. The van der Waals surface area contributed by atoms with Crippen LogP contribution in [0.15, 0.2) is 42.9 Å². The lowest BCUT2D eigenvalue weighted by Crippen LogP contribution is -2.38. The van der Waals surface area contributed by atoms with Crippen molar-refractivity contribution in [2.75, 3.05) is 24.6 Å². The van der Waals surface area contributed by atoms with Gasteiger partial charge in [0.25, 0.3) is 0 Å². The lowest BCUT2D eigenvalue weighted by molar-refractivity contribution is 0.0395. The van der Waals surface area contributed by atoms with Gasteiger partial charge in [-0.1, -0.05) is 11.6 Å². The maximum Gasteiger partial charge on any atom is 0.181 e. The van der Waals surface area contributed by atoms with Gasteiger partial charge in [0.15, 0.2) is 5.65 Å². The molecule has 1 saturated heterocycles. The molecular weight excluding hydrogens is 419 g/mol. The van der Waals surface area contributed by atoms with Gasteiger partial charge in [0.2, 0.25) is 0 Å². The Morgan fingerprint density at radius 1 is 1.16 bits per heavy atom. The Morgan fingerprint density at radius 2 is 2.03 bits per heavy atom. The highest BCUT2D eigenvalue weighted by molar-refractivity contribution is 6.30. The van der Waals surface area contributed by atoms with Crippen LogP contribution in [0.3, 0.4) is 0 Å². The summed E-state index contributed by atoms with van der Waals surface area (Å²) in [5.74, 6) is 0.289. The molecule has 0 amide bonds. The molecule has 0 bridgehead atoms. The molecule has 1 atom stereocenters. The summed E-state index contributed by atoms with van der Waals surface area (Å²) in [4.78, 5) is 15.9. The zero-order valence-electron chi connectivity index (χ0n) is 17.1. The average Bonchev–Trinajstić information content (AvgIpc) is 3.19. The summed E-state index contributed by atoms with van der Waals surface area (Å²) in [6, 6.07) is 6.50. The smallest absolute Gasteiger partial charge is 0.181 e. The van der Waals surface area contributed by atoms with Gasteiger partial charge in [-0.05, 0) is 31.2 Å².